The van der Waals surface area contributed by atoms with E-state index in [1.807, 2.05) is 0 Å². The van der Waals surface area contributed by atoms with Crippen LogP contribution in [0.25, 0.3) is 0 Å². The standard InChI is InChI=1S/C11H12N2O7/c1-11(2,3)10(15)20-8-5-6(12(16)17)4-7(9(8)14)13(18)19/h4-5,14H,1-3H3. The predicted molar refractivity (Wildman–Crippen MR) is 66.5 cm³/mol. The van der Waals surface area contributed by atoms with Crippen LogP contribution in [-0.2, 0) is 4.79 Å². The average Bonchev–Trinajstić information content (AvgIpc) is 2.29. The summed E-state index contributed by atoms with van der Waals surface area (Å²) >= 11 is 0. The van der Waals surface area contributed by atoms with Crippen LogP contribution in [0.5, 0.6) is 11.5 Å². The number of nitrogens with zero attached hydrogens (tertiary/aromatic N) is 2. The largest absolute Gasteiger partial charge is 0.499 e. The van der Waals surface area contributed by atoms with Gasteiger partial charge in [-0.2, -0.15) is 0 Å². The fourth-order valence-electron chi connectivity index (χ4n) is 1.15. The number of nitro benzene ring substituents is 2. The average molecular weight is 284 g/mol. The molecular weight excluding hydrogens is 272 g/mol. The van der Waals surface area contributed by atoms with Gasteiger partial charge in [0.05, 0.1) is 27.4 Å². The molecule has 0 aromatic heterocycles. The molecule has 9 nitrogen and oxygen atoms in total. The van der Waals surface area contributed by atoms with Crippen molar-refractivity contribution in [3.8, 4) is 11.5 Å². The lowest BCUT2D eigenvalue weighted by Gasteiger charge is -2.16. The zero-order chi connectivity index (χ0) is 15.7. The third kappa shape index (κ3) is 3.19. The van der Waals surface area contributed by atoms with Gasteiger partial charge in [-0.15, -0.1) is 0 Å². The Kier molecular flexibility index (Phi) is 3.92. The highest BCUT2D eigenvalue weighted by Crippen LogP contribution is 2.40. The summed E-state index contributed by atoms with van der Waals surface area (Å²) in [4.78, 5) is 31.2. The van der Waals surface area contributed by atoms with Crippen LogP contribution in [0.2, 0.25) is 0 Å². The number of esters is 1. The van der Waals surface area contributed by atoms with Crippen LogP contribution in [0.1, 0.15) is 20.8 Å². The van der Waals surface area contributed by atoms with Gasteiger partial charge in [0.2, 0.25) is 5.75 Å². The van der Waals surface area contributed by atoms with Crippen LogP contribution in [-0.4, -0.2) is 20.9 Å². The highest BCUT2D eigenvalue weighted by molar-refractivity contribution is 5.79. The minimum Gasteiger partial charge on any atom is -0.499 e. The molecule has 0 spiro atoms. The number of carbonyl (C=O) groups is 1. The minimum absolute atomic E-state index is 0.587. The monoisotopic (exact) mass is 284 g/mol. The second-order valence-electron chi connectivity index (χ2n) is 4.97. The number of phenols is 1. The smallest absolute Gasteiger partial charge is 0.321 e. The number of hydrogen-bond acceptors (Lipinski definition) is 7. The lowest BCUT2D eigenvalue weighted by Crippen LogP contribution is -2.25. The molecule has 0 bridgehead atoms. The summed E-state index contributed by atoms with van der Waals surface area (Å²) < 4.78 is 4.79. The summed E-state index contributed by atoms with van der Waals surface area (Å²) in [5.74, 6) is -2.34. The third-order valence-corrected chi connectivity index (χ3v) is 2.26. The van der Waals surface area contributed by atoms with Gasteiger partial charge >= 0.3 is 11.7 Å². The molecule has 20 heavy (non-hydrogen) atoms. The molecule has 1 rings (SSSR count). The van der Waals surface area contributed by atoms with Crippen molar-refractivity contribution < 1.29 is 24.5 Å². The van der Waals surface area contributed by atoms with E-state index in [2.05, 4.69) is 0 Å². The summed E-state index contributed by atoms with van der Waals surface area (Å²) in [6, 6.07) is 1.34. The zero-order valence-electron chi connectivity index (χ0n) is 10.9. The van der Waals surface area contributed by atoms with Crippen molar-refractivity contribution in [1.29, 1.82) is 0 Å². The van der Waals surface area contributed by atoms with E-state index in [4.69, 9.17) is 4.74 Å². The normalized spacial score (nSPS) is 10.9. The molecule has 0 unspecified atom stereocenters. The van der Waals surface area contributed by atoms with E-state index in [1.54, 1.807) is 0 Å². The van der Waals surface area contributed by atoms with Crippen molar-refractivity contribution in [3.63, 3.8) is 0 Å². The number of phenolic OH excluding ortho intramolecular Hbond substituents is 1. The first-order valence-electron chi connectivity index (χ1n) is 5.42. The third-order valence-electron chi connectivity index (χ3n) is 2.26. The Morgan fingerprint density at radius 2 is 1.75 bits per heavy atom. The van der Waals surface area contributed by atoms with Crippen LogP contribution in [0.15, 0.2) is 12.1 Å². The van der Waals surface area contributed by atoms with Gasteiger partial charge in [0.1, 0.15) is 0 Å². The van der Waals surface area contributed by atoms with Crippen molar-refractivity contribution in [2.45, 2.75) is 20.8 Å². The molecule has 0 amide bonds. The highest BCUT2D eigenvalue weighted by atomic mass is 16.6. The summed E-state index contributed by atoms with van der Waals surface area (Å²) in [6.07, 6.45) is 0. The molecular formula is C11H12N2O7. The SMILES string of the molecule is CC(C)(C)C(=O)Oc1cc([N+](=O)[O-])cc([N+](=O)[O-])c1O. The van der Waals surface area contributed by atoms with Crippen molar-refractivity contribution in [2.75, 3.05) is 0 Å². The lowest BCUT2D eigenvalue weighted by molar-refractivity contribution is -0.394. The zero-order valence-corrected chi connectivity index (χ0v) is 10.9. The van der Waals surface area contributed by atoms with Gasteiger partial charge in [-0.05, 0) is 20.8 Å². The lowest BCUT2D eigenvalue weighted by atomic mass is 9.97. The minimum atomic E-state index is -1.00. The van der Waals surface area contributed by atoms with E-state index in [-0.39, 0.29) is 0 Å². The maximum atomic E-state index is 11.7. The van der Waals surface area contributed by atoms with E-state index in [1.165, 1.54) is 20.8 Å². The number of nitro groups is 2. The van der Waals surface area contributed by atoms with Crippen molar-refractivity contribution in [3.05, 3.63) is 32.4 Å². The fraction of sp³-hybridized carbons (Fsp3) is 0.364. The number of ether oxygens (including phenoxy) is 1. The molecule has 0 aliphatic carbocycles. The number of benzene rings is 1. The summed E-state index contributed by atoms with van der Waals surface area (Å²) in [7, 11) is 0. The Hall–Kier alpha value is -2.71. The van der Waals surface area contributed by atoms with Crippen molar-refractivity contribution >= 4 is 17.3 Å². The topological polar surface area (TPSA) is 133 Å². The van der Waals surface area contributed by atoms with Crippen LogP contribution in [0.4, 0.5) is 11.4 Å². The molecule has 0 aliphatic rings. The van der Waals surface area contributed by atoms with E-state index in [0.29, 0.717) is 6.07 Å². The highest BCUT2D eigenvalue weighted by Gasteiger charge is 2.29. The Balaban J connectivity index is 3.35. The molecule has 1 aromatic rings. The Morgan fingerprint density at radius 1 is 1.20 bits per heavy atom. The number of carbonyl (C=O) groups excluding carboxylic acids is 1. The molecule has 1 N–H and O–H groups in total. The Morgan fingerprint density at radius 3 is 2.15 bits per heavy atom. The first kappa shape index (κ1) is 15.3. The van der Waals surface area contributed by atoms with Crippen LogP contribution >= 0.6 is 0 Å². The first-order valence-corrected chi connectivity index (χ1v) is 5.42. The fourth-order valence-corrected chi connectivity index (χ4v) is 1.15. The molecule has 0 atom stereocenters. The van der Waals surface area contributed by atoms with Gasteiger partial charge in [-0.25, -0.2) is 0 Å². The maximum Gasteiger partial charge on any atom is 0.321 e. The van der Waals surface area contributed by atoms with Gasteiger partial charge < -0.3 is 9.84 Å². The predicted octanol–water partition coefficient (Wildman–Crippen LogP) is 2.16. The van der Waals surface area contributed by atoms with Gasteiger partial charge in [-0.3, -0.25) is 25.0 Å². The molecule has 0 fully saturated rings. The molecule has 0 saturated heterocycles. The molecule has 1 aromatic carbocycles. The maximum absolute atomic E-state index is 11.7. The quantitative estimate of drug-likeness (QED) is 0.389. The summed E-state index contributed by atoms with van der Waals surface area (Å²) in [5.41, 5.74) is -2.51. The van der Waals surface area contributed by atoms with Crippen molar-refractivity contribution in [1.82, 2.24) is 0 Å². The molecule has 0 aliphatic heterocycles. The summed E-state index contributed by atoms with van der Waals surface area (Å²) in [6.45, 7) is 4.58. The van der Waals surface area contributed by atoms with Gasteiger partial charge in [0.25, 0.3) is 5.69 Å². The van der Waals surface area contributed by atoms with Gasteiger partial charge in [-0.1, -0.05) is 0 Å². The molecule has 0 radical (unpaired) electrons. The van der Waals surface area contributed by atoms with E-state index in [9.17, 15) is 30.1 Å². The number of rotatable bonds is 3. The number of aromatic hydroxyl groups is 1. The second kappa shape index (κ2) is 5.11. The van der Waals surface area contributed by atoms with E-state index >= 15 is 0 Å². The molecule has 0 heterocycles. The van der Waals surface area contributed by atoms with Gasteiger partial charge in [0.15, 0.2) is 5.75 Å². The Labute approximate surface area is 113 Å². The van der Waals surface area contributed by atoms with Crippen molar-refractivity contribution in [2.24, 2.45) is 5.41 Å². The molecule has 9 heteroatoms. The Bertz CT molecular complexity index is 589. The van der Waals surface area contributed by atoms with Crippen LogP contribution < -0.4 is 4.74 Å². The molecule has 0 saturated carbocycles. The van der Waals surface area contributed by atoms with Crippen LogP contribution in [0, 0.1) is 25.6 Å². The van der Waals surface area contributed by atoms with Gasteiger partial charge in [0, 0.05) is 0 Å². The summed E-state index contributed by atoms with van der Waals surface area (Å²) in [5, 5.41) is 31.0. The molecule has 108 valence electrons. The van der Waals surface area contributed by atoms with Crippen LogP contribution in [0.3, 0.4) is 0 Å². The second-order valence-corrected chi connectivity index (χ2v) is 4.97. The first-order chi connectivity index (χ1) is 9.04. The van der Waals surface area contributed by atoms with E-state index in [0.717, 1.165) is 6.07 Å². The van der Waals surface area contributed by atoms with E-state index < -0.39 is 44.1 Å². The number of hydrogen-bond donors (Lipinski definition) is 1. The number of non-ortho nitro benzene ring substituents is 1.